The minimum atomic E-state index is -0.949. The van der Waals surface area contributed by atoms with Crippen LogP contribution < -0.4 is 0 Å². The maximum absolute atomic E-state index is 13.5. The lowest BCUT2D eigenvalue weighted by Gasteiger charge is -2.25. The van der Waals surface area contributed by atoms with Crippen LogP contribution in [0.3, 0.4) is 0 Å². The topological polar surface area (TPSA) is 53.6 Å². The number of rotatable bonds is 4. The van der Waals surface area contributed by atoms with Gasteiger partial charge < -0.3 is 14.6 Å². The molecule has 2 unspecified atom stereocenters. The Morgan fingerprint density at radius 2 is 1.28 bits per heavy atom. The molecule has 0 amide bonds. The molecule has 4 rings (SSSR count). The zero-order valence-corrected chi connectivity index (χ0v) is 33.5. The number of halogens is 1. The Hall–Kier alpha value is -1.95. The van der Waals surface area contributed by atoms with Crippen molar-refractivity contribution in [2.45, 2.75) is 171 Å². The third-order valence-corrected chi connectivity index (χ3v) is 9.55. The van der Waals surface area contributed by atoms with Crippen LogP contribution in [-0.4, -0.2) is 10.2 Å². The maximum Gasteiger partial charge on any atom is 0.138 e. The van der Waals surface area contributed by atoms with E-state index in [1.807, 2.05) is 61.5 Å². The monoisotopic (exact) mass is 660 g/mol. The van der Waals surface area contributed by atoms with Gasteiger partial charge in [0.05, 0.1) is 11.7 Å². The molecule has 2 heterocycles. The number of aryl methyl sites for hydroxylation is 1. The largest absolute Gasteiger partial charge is 0.465 e. The van der Waals surface area contributed by atoms with Crippen LogP contribution in [0.4, 0.5) is 4.39 Å². The van der Waals surface area contributed by atoms with Gasteiger partial charge >= 0.3 is 0 Å². The molecule has 0 bridgehead atoms. The van der Waals surface area contributed by atoms with Gasteiger partial charge in [-0.15, -0.1) is 11.3 Å². The molecule has 1 aliphatic carbocycles. The molecule has 0 spiro atoms. The predicted molar refractivity (Wildman–Crippen MR) is 200 cm³/mol. The smallest absolute Gasteiger partial charge is 0.138 e. The van der Waals surface area contributed by atoms with Crippen molar-refractivity contribution in [2.24, 2.45) is 5.92 Å². The molecule has 0 radical (unpaired) electrons. The Kier molecular flexibility index (Phi) is 17.2. The summed E-state index contributed by atoms with van der Waals surface area (Å²) in [5.74, 6) is 3.24. The fraction of sp³-hybridized carbons (Fsp3) is 0.659. The van der Waals surface area contributed by atoms with Gasteiger partial charge in [-0.25, -0.2) is 4.39 Å². The number of aliphatic hydroxyl groups is 2. The zero-order chi connectivity index (χ0) is 36.4. The van der Waals surface area contributed by atoms with E-state index < -0.39 is 11.7 Å². The molecular formula is C41H69FO3S. The Labute approximate surface area is 287 Å². The second-order valence-electron chi connectivity index (χ2n) is 15.6. The molecule has 1 aliphatic rings. The highest BCUT2D eigenvalue weighted by molar-refractivity contribution is 7.12. The Balaban J connectivity index is 0.000000627. The van der Waals surface area contributed by atoms with Crippen molar-refractivity contribution >= 4 is 11.3 Å². The molecule has 3 aromatic rings. The van der Waals surface area contributed by atoms with Gasteiger partial charge in [0.2, 0.25) is 0 Å². The molecule has 2 aromatic heterocycles. The molecule has 1 aromatic carbocycles. The lowest BCUT2D eigenvalue weighted by molar-refractivity contribution is 0.0823. The first-order chi connectivity index (χ1) is 20.9. The summed E-state index contributed by atoms with van der Waals surface area (Å²) in [5.41, 5.74) is 3.15. The van der Waals surface area contributed by atoms with Crippen molar-refractivity contribution in [3.63, 3.8) is 0 Å². The van der Waals surface area contributed by atoms with Gasteiger partial charge in [-0.1, -0.05) is 121 Å². The Morgan fingerprint density at radius 3 is 1.59 bits per heavy atom. The number of hydrogen-bond acceptors (Lipinski definition) is 4. The number of aliphatic hydroxyl groups excluding tert-OH is 1. The van der Waals surface area contributed by atoms with E-state index in [0.717, 1.165) is 28.9 Å². The SMILES string of the molecule is CC.CC.CC(C)(C)c1sc(C(C)(C)O)cc1F.CC(c1ccccc1C(C)(C)C)C1CC1.Cc1oc(C(C)(C)C)cc1C(C)O. The first kappa shape index (κ1) is 44.0. The summed E-state index contributed by atoms with van der Waals surface area (Å²) in [6.07, 6.45) is 2.42. The van der Waals surface area contributed by atoms with E-state index in [4.69, 9.17) is 4.42 Å². The summed E-state index contributed by atoms with van der Waals surface area (Å²) in [4.78, 5) is 1.38. The summed E-state index contributed by atoms with van der Waals surface area (Å²) < 4.78 is 19.1. The van der Waals surface area contributed by atoms with Crippen molar-refractivity contribution in [2.75, 3.05) is 0 Å². The van der Waals surface area contributed by atoms with Crippen LogP contribution in [0.2, 0.25) is 0 Å². The minimum Gasteiger partial charge on any atom is -0.465 e. The first-order valence-corrected chi connectivity index (χ1v) is 18.2. The van der Waals surface area contributed by atoms with Gasteiger partial charge in [0.1, 0.15) is 17.3 Å². The molecule has 2 atom stereocenters. The van der Waals surface area contributed by atoms with E-state index in [1.54, 1.807) is 26.3 Å². The summed E-state index contributed by atoms with van der Waals surface area (Å²) in [5, 5.41) is 19.2. The second kappa shape index (κ2) is 18.0. The van der Waals surface area contributed by atoms with E-state index in [0.29, 0.717) is 9.75 Å². The third kappa shape index (κ3) is 13.6. The van der Waals surface area contributed by atoms with Crippen LogP contribution in [0.1, 0.15) is 181 Å². The van der Waals surface area contributed by atoms with Crippen LogP contribution >= 0.6 is 11.3 Å². The van der Waals surface area contributed by atoms with Gasteiger partial charge in [0.25, 0.3) is 0 Å². The minimum absolute atomic E-state index is 0.0118. The van der Waals surface area contributed by atoms with E-state index in [-0.39, 0.29) is 22.1 Å². The number of benzene rings is 1. The lowest BCUT2D eigenvalue weighted by atomic mass is 9.79. The van der Waals surface area contributed by atoms with Crippen LogP contribution in [0.25, 0.3) is 0 Å². The van der Waals surface area contributed by atoms with Crippen molar-refractivity contribution < 1.29 is 19.0 Å². The van der Waals surface area contributed by atoms with Crippen molar-refractivity contribution in [3.8, 4) is 0 Å². The fourth-order valence-electron chi connectivity index (χ4n) is 4.89. The molecule has 5 heteroatoms. The van der Waals surface area contributed by atoms with E-state index in [2.05, 4.69) is 72.7 Å². The summed E-state index contributed by atoms with van der Waals surface area (Å²) in [6.45, 7) is 36.5. The van der Waals surface area contributed by atoms with E-state index in [9.17, 15) is 14.6 Å². The average Bonchev–Trinajstić information content (AvgIpc) is 3.58. The summed E-state index contributed by atoms with van der Waals surface area (Å²) >= 11 is 1.35. The van der Waals surface area contributed by atoms with E-state index in [1.165, 1.54) is 35.8 Å². The zero-order valence-electron chi connectivity index (χ0n) is 32.7. The molecule has 1 fully saturated rings. The molecule has 46 heavy (non-hydrogen) atoms. The molecule has 2 N–H and O–H groups in total. The van der Waals surface area contributed by atoms with Crippen molar-refractivity contribution in [1.82, 2.24) is 0 Å². The van der Waals surface area contributed by atoms with Crippen LogP contribution in [0.15, 0.2) is 40.8 Å². The van der Waals surface area contributed by atoms with Gasteiger partial charge in [0, 0.05) is 20.7 Å². The molecular weight excluding hydrogens is 592 g/mol. The highest BCUT2D eigenvalue weighted by Gasteiger charge is 2.32. The van der Waals surface area contributed by atoms with Crippen LogP contribution in [-0.2, 0) is 21.8 Å². The molecule has 3 nitrogen and oxygen atoms in total. The quantitative estimate of drug-likeness (QED) is 0.293. The molecule has 0 saturated heterocycles. The third-order valence-electron chi connectivity index (χ3n) is 7.70. The van der Waals surface area contributed by atoms with E-state index >= 15 is 0 Å². The molecule has 0 aliphatic heterocycles. The summed E-state index contributed by atoms with van der Waals surface area (Å²) in [6, 6.07) is 12.4. The van der Waals surface area contributed by atoms with Crippen LogP contribution in [0.5, 0.6) is 0 Å². The average molecular weight is 661 g/mol. The second-order valence-corrected chi connectivity index (χ2v) is 16.7. The van der Waals surface area contributed by atoms with Gasteiger partial charge in [-0.05, 0) is 86.5 Å². The molecule has 264 valence electrons. The maximum atomic E-state index is 13.5. The van der Waals surface area contributed by atoms with Gasteiger partial charge in [-0.3, -0.25) is 0 Å². The number of furan rings is 1. The Morgan fingerprint density at radius 1 is 0.783 bits per heavy atom. The van der Waals surface area contributed by atoms with Gasteiger partial charge in [-0.2, -0.15) is 0 Å². The van der Waals surface area contributed by atoms with Crippen molar-refractivity contribution in [1.29, 1.82) is 0 Å². The fourth-order valence-corrected chi connectivity index (χ4v) is 5.98. The Bertz CT molecular complexity index is 1280. The summed E-state index contributed by atoms with van der Waals surface area (Å²) in [7, 11) is 0. The molecule has 1 saturated carbocycles. The first-order valence-electron chi connectivity index (χ1n) is 17.4. The van der Waals surface area contributed by atoms with Gasteiger partial charge in [0.15, 0.2) is 0 Å². The number of hydrogen-bond donors (Lipinski definition) is 2. The normalized spacial score (nSPS) is 14.6. The highest BCUT2D eigenvalue weighted by Crippen LogP contribution is 2.44. The number of thiophene rings is 1. The van der Waals surface area contributed by atoms with Crippen LogP contribution in [0, 0.1) is 18.7 Å². The highest BCUT2D eigenvalue weighted by atomic mass is 32.1. The lowest BCUT2D eigenvalue weighted by Crippen LogP contribution is -2.15. The standard InChI is InChI=1S/C15H22.C11H17FOS.C11H18O2.2C2H6/c1-11(12-9-10-12)13-7-5-6-8-14(13)15(2,3)4;1-10(2,3)9-7(12)6-8(14-9)11(4,5)13;1-7(12)9-6-10(11(3,4)5)13-8(9)2;2*1-2/h5-8,11-12H,9-10H2,1-4H3;6,13H,1-5H3;6-7,12H,1-5H3;2*1-2H3. The predicted octanol–water partition coefficient (Wildman–Crippen LogP) is 12.9. The van der Waals surface area contributed by atoms with Crippen molar-refractivity contribution in [3.05, 3.63) is 80.2 Å².